The van der Waals surface area contributed by atoms with E-state index in [1.165, 1.54) is 18.0 Å². The van der Waals surface area contributed by atoms with E-state index >= 15 is 0 Å². The third-order valence-corrected chi connectivity index (χ3v) is 5.38. The average molecular weight is 365 g/mol. The van der Waals surface area contributed by atoms with Gasteiger partial charge in [0.15, 0.2) is 0 Å². The van der Waals surface area contributed by atoms with Crippen molar-refractivity contribution in [2.24, 2.45) is 0 Å². The summed E-state index contributed by atoms with van der Waals surface area (Å²) in [4.78, 5) is 1.20. The Morgan fingerprint density at radius 1 is 1.37 bits per heavy atom. The van der Waals surface area contributed by atoms with Gasteiger partial charge >= 0.3 is 0 Å². The summed E-state index contributed by atoms with van der Waals surface area (Å²) in [5, 5.41) is 5.15. The highest BCUT2D eigenvalue weighted by Gasteiger charge is 2.15. The number of halogens is 1. The molecule has 0 aliphatic rings. The largest absolute Gasteiger partial charge is 0.447 e. The van der Waals surface area contributed by atoms with Gasteiger partial charge in [-0.1, -0.05) is 0 Å². The first-order chi connectivity index (χ1) is 9.01. The zero-order valence-corrected chi connectivity index (χ0v) is 13.4. The fourth-order valence-corrected chi connectivity index (χ4v) is 3.54. The van der Waals surface area contributed by atoms with Crippen LogP contribution in [0.4, 0.5) is 0 Å². The lowest BCUT2D eigenvalue weighted by Gasteiger charge is -2.00. The van der Waals surface area contributed by atoms with Crippen molar-refractivity contribution < 1.29 is 12.8 Å². The lowest BCUT2D eigenvalue weighted by molar-refractivity contribution is 0.400. The highest BCUT2D eigenvalue weighted by Crippen LogP contribution is 2.19. The van der Waals surface area contributed by atoms with E-state index < -0.39 is 10.0 Å². The van der Waals surface area contributed by atoms with Gasteiger partial charge in [0.05, 0.1) is 6.54 Å². The highest BCUT2D eigenvalue weighted by atomic mass is 79.9. The molecule has 2 aromatic heterocycles. The summed E-state index contributed by atoms with van der Waals surface area (Å²) in [5.74, 6) is 0.587. The Bertz CT molecular complexity index is 648. The van der Waals surface area contributed by atoms with Crippen molar-refractivity contribution in [1.82, 2.24) is 10.0 Å². The van der Waals surface area contributed by atoms with Crippen LogP contribution in [0, 0.1) is 0 Å². The van der Waals surface area contributed by atoms with Crippen molar-refractivity contribution in [2.45, 2.75) is 18.2 Å². The van der Waals surface area contributed by atoms with Gasteiger partial charge in [0.2, 0.25) is 5.09 Å². The van der Waals surface area contributed by atoms with Gasteiger partial charge in [-0.2, -0.15) is 0 Å². The standard InChI is InChI=1S/C11H13BrN2O3S2/c1-13-19(15,16)11-3-2-9(17-11)5-14-6-10-4-8(12)7-18-10/h2-4,7,13-14H,5-6H2,1H3. The molecule has 0 aliphatic carbocycles. The molecule has 104 valence electrons. The van der Waals surface area contributed by atoms with Crippen LogP contribution in [0.3, 0.4) is 0 Å². The van der Waals surface area contributed by atoms with E-state index in [1.54, 1.807) is 17.4 Å². The maximum Gasteiger partial charge on any atom is 0.273 e. The number of rotatable bonds is 6. The summed E-state index contributed by atoms with van der Waals surface area (Å²) in [6.07, 6.45) is 0. The van der Waals surface area contributed by atoms with Crippen LogP contribution in [-0.2, 0) is 23.1 Å². The lowest BCUT2D eigenvalue weighted by atomic mass is 10.4. The Hall–Kier alpha value is -0.670. The van der Waals surface area contributed by atoms with Crippen LogP contribution >= 0.6 is 27.3 Å². The second-order valence-corrected chi connectivity index (χ2v) is 7.49. The van der Waals surface area contributed by atoms with Gasteiger partial charge in [-0.3, -0.25) is 0 Å². The first-order valence-corrected chi connectivity index (χ1v) is 8.63. The van der Waals surface area contributed by atoms with Gasteiger partial charge in [0, 0.05) is 21.3 Å². The normalized spacial score (nSPS) is 11.9. The molecule has 0 spiro atoms. The van der Waals surface area contributed by atoms with Gasteiger partial charge in [0.1, 0.15) is 5.76 Å². The van der Waals surface area contributed by atoms with Crippen molar-refractivity contribution in [3.05, 3.63) is 38.7 Å². The Labute approximate surface area is 124 Å². The van der Waals surface area contributed by atoms with Gasteiger partial charge in [-0.05, 0) is 41.2 Å². The monoisotopic (exact) mass is 364 g/mol. The lowest BCUT2D eigenvalue weighted by Crippen LogP contribution is -2.17. The molecule has 5 nitrogen and oxygen atoms in total. The maximum atomic E-state index is 11.5. The molecule has 0 unspecified atom stereocenters. The van der Waals surface area contributed by atoms with E-state index in [0.717, 1.165) is 4.47 Å². The summed E-state index contributed by atoms with van der Waals surface area (Å²) in [6.45, 7) is 1.19. The van der Waals surface area contributed by atoms with E-state index in [1.807, 2.05) is 11.4 Å². The van der Waals surface area contributed by atoms with Crippen molar-refractivity contribution in [3.8, 4) is 0 Å². The van der Waals surface area contributed by atoms with Crippen LogP contribution in [0.2, 0.25) is 0 Å². The van der Waals surface area contributed by atoms with Crippen LogP contribution in [-0.4, -0.2) is 15.5 Å². The quantitative estimate of drug-likeness (QED) is 0.824. The summed E-state index contributed by atoms with van der Waals surface area (Å²) in [6, 6.07) is 5.14. The topological polar surface area (TPSA) is 71.3 Å². The first kappa shape index (κ1) is 14.7. The van der Waals surface area contributed by atoms with Crippen LogP contribution in [0.1, 0.15) is 10.6 Å². The molecule has 8 heteroatoms. The van der Waals surface area contributed by atoms with Gasteiger partial charge in [-0.25, -0.2) is 13.1 Å². The van der Waals surface area contributed by atoms with E-state index in [-0.39, 0.29) is 5.09 Å². The number of nitrogens with one attached hydrogen (secondary N) is 2. The van der Waals surface area contributed by atoms with E-state index in [2.05, 4.69) is 26.0 Å². The summed E-state index contributed by atoms with van der Waals surface area (Å²) in [7, 11) is -2.15. The Kier molecular flexibility index (Phi) is 4.80. The second-order valence-electron chi connectivity index (χ2n) is 3.76. The minimum Gasteiger partial charge on any atom is -0.447 e. The average Bonchev–Trinajstić information content (AvgIpc) is 2.99. The summed E-state index contributed by atoms with van der Waals surface area (Å²) in [5.41, 5.74) is 0. The first-order valence-electron chi connectivity index (χ1n) is 5.47. The number of thiophene rings is 1. The number of hydrogen-bond acceptors (Lipinski definition) is 5. The minimum absolute atomic E-state index is 0.0642. The van der Waals surface area contributed by atoms with Gasteiger partial charge < -0.3 is 9.73 Å². The van der Waals surface area contributed by atoms with Gasteiger partial charge in [-0.15, -0.1) is 11.3 Å². The fourth-order valence-electron chi connectivity index (χ4n) is 1.45. The number of furan rings is 1. The Balaban J connectivity index is 1.90. The molecule has 0 atom stereocenters. The third-order valence-electron chi connectivity index (χ3n) is 2.39. The van der Waals surface area contributed by atoms with Crippen LogP contribution in [0.25, 0.3) is 0 Å². The van der Waals surface area contributed by atoms with Crippen LogP contribution in [0.15, 0.2) is 37.6 Å². The molecule has 19 heavy (non-hydrogen) atoms. The smallest absolute Gasteiger partial charge is 0.273 e. The van der Waals surface area contributed by atoms with Crippen molar-refractivity contribution in [3.63, 3.8) is 0 Å². The highest BCUT2D eigenvalue weighted by molar-refractivity contribution is 9.10. The molecule has 0 saturated carbocycles. The van der Waals surface area contributed by atoms with Crippen molar-refractivity contribution in [2.75, 3.05) is 7.05 Å². The SMILES string of the molecule is CNS(=O)(=O)c1ccc(CNCc2cc(Br)cs2)o1. The van der Waals surface area contributed by atoms with Crippen LogP contribution < -0.4 is 10.0 Å². The predicted octanol–water partition coefficient (Wildman–Crippen LogP) is 2.30. The predicted molar refractivity (Wildman–Crippen MR) is 77.5 cm³/mol. The summed E-state index contributed by atoms with van der Waals surface area (Å²) >= 11 is 5.04. The zero-order chi connectivity index (χ0) is 13.9. The molecule has 0 bridgehead atoms. The Morgan fingerprint density at radius 2 is 2.16 bits per heavy atom. The molecule has 0 aliphatic heterocycles. The summed E-state index contributed by atoms with van der Waals surface area (Å²) < 4.78 is 31.5. The molecule has 2 aromatic rings. The molecular weight excluding hydrogens is 352 g/mol. The van der Waals surface area contributed by atoms with E-state index in [9.17, 15) is 8.42 Å². The molecule has 0 amide bonds. The molecule has 0 aromatic carbocycles. The maximum absolute atomic E-state index is 11.5. The Morgan fingerprint density at radius 3 is 2.79 bits per heavy atom. The molecule has 2 heterocycles. The second kappa shape index (κ2) is 6.19. The van der Waals surface area contributed by atoms with Crippen molar-refractivity contribution in [1.29, 1.82) is 0 Å². The van der Waals surface area contributed by atoms with Crippen molar-refractivity contribution >= 4 is 37.3 Å². The zero-order valence-electron chi connectivity index (χ0n) is 10.1. The number of sulfonamides is 1. The molecule has 0 radical (unpaired) electrons. The van der Waals surface area contributed by atoms with E-state index in [0.29, 0.717) is 18.8 Å². The molecule has 2 N–H and O–H groups in total. The molecule has 2 rings (SSSR count). The third kappa shape index (κ3) is 3.90. The van der Waals surface area contributed by atoms with Gasteiger partial charge in [0.25, 0.3) is 10.0 Å². The number of hydrogen-bond donors (Lipinski definition) is 2. The molecule has 0 saturated heterocycles. The van der Waals surface area contributed by atoms with E-state index in [4.69, 9.17) is 4.42 Å². The molecule has 0 fully saturated rings. The molecular formula is C11H13BrN2O3S2. The van der Waals surface area contributed by atoms with Crippen LogP contribution in [0.5, 0.6) is 0 Å². The minimum atomic E-state index is -3.50. The fraction of sp³-hybridized carbons (Fsp3) is 0.273.